The third-order valence-electron chi connectivity index (χ3n) is 4.55. The normalized spacial score (nSPS) is 26.1. The first-order valence-corrected chi connectivity index (χ1v) is 8.79. The summed E-state index contributed by atoms with van der Waals surface area (Å²) in [4.78, 5) is 0. The molecule has 1 nitrogen and oxygen atoms in total. The van der Waals surface area contributed by atoms with E-state index >= 15 is 0 Å². The molecule has 0 radical (unpaired) electrons. The molecular weight excluding hydrogens is 390 g/mol. The first-order chi connectivity index (χ1) is 10.2. The van der Waals surface area contributed by atoms with Crippen molar-refractivity contribution in [2.75, 3.05) is 5.32 Å². The summed E-state index contributed by atoms with van der Waals surface area (Å²) in [6.07, 6.45) is 5.85. The maximum absolute atomic E-state index is 3.76. The predicted molar refractivity (Wildman–Crippen MR) is 94.6 cm³/mol. The highest BCUT2D eigenvalue weighted by Crippen LogP contribution is 2.50. The Morgan fingerprint density at radius 1 is 0.952 bits per heavy atom. The molecule has 0 amide bonds. The Balaban J connectivity index is 1.78. The smallest absolute Gasteiger partial charge is 0.0553 e. The maximum Gasteiger partial charge on any atom is 0.0553 e. The van der Waals surface area contributed by atoms with Crippen molar-refractivity contribution in [1.82, 2.24) is 0 Å². The largest absolute Gasteiger partial charge is 0.378 e. The van der Waals surface area contributed by atoms with Crippen LogP contribution in [0.5, 0.6) is 0 Å². The summed E-state index contributed by atoms with van der Waals surface area (Å²) >= 11 is 7.12. The minimum absolute atomic E-state index is 0.381. The molecule has 3 atom stereocenters. The number of hydrogen-bond acceptors (Lipinski definition) is 1. The second-order valence-corrected chi connectivity index (χ2v) is 7.59. The summed E-state index contributed by atoms with van der Waals surface area (Å²) in [5, 5.41) is 3.76. The molecule has 0 fully saturated rings. The minimum Gasteiger partial charge on any atom is -0.378 e. The monoisotopic (exact) mass is 403 g/mol. The van der Waals surface area contributed by atoms with Gasteiger partial charge in [-0.05, 0) is 53.8 Å². The Kier molecular flexibility index (Phi) is 3.43. The number of rotatable bonds is 1. The highest BCUT2D eigenvalue weighted by molar-refractivity contribution is 9.10. The molecule has 21 heavy (non-hydrogen) atoms. The van der Waals surface area contributed by atoms with Crippen LogP contribution in [0, 0.1) is 5.92 Å². The topological polar surface area (TPSA) is 12.0 Å². The molecule has 1 aliphatic carbocycles. The second-order valence-electron chi connectivity index (χ2n) is 5.76. The van der Waals surface area contributed by atoms with E-state index < -0.39 is 0 Å². The quantitative estimate of drug-likeness (QED) is 0.571. The van der Waals surface area contributed by atoms with E-state index in [4.69, 9.17) is 0 Å². The van der Waals surface area contributed by atoms with Gasteiger partial charge in [0.25, 0.3) is 0 Å². The fourth-order valence-electron chi connectivity index (χ4n) is 3.57. The van der Waals surface area contributed by atoms with Crippen LogP contribution in [0.1, 0.15) is 29.5 Å². The van der Waals surface area contributed by atoms with E-state index in [1.165, 1.54) is 16.8 Å². The summed E-state index contributed by atoms with van der Waals surface area (Å²) in [5.74, 6) is 1.13. The van der Waals surface area contributed by atoms with Gasteiger partial charge in [0.05, 0.1) is 6.04 Å². The van der Waals surface area contributed by atoms with E-state index in [1.807, 2.05) is 0 Å². The summed E-state index contributed by atoms with van der Waals surface area (Å²) in [5.41, 5.74) is 4.04. The van der Waals surface area contributed by atoms with Gasteiger partial charge in [-0.15, -0.1) is 0 Å². The van der Waals surface area contributed by atoms with E-state index in [0.29, 0.717) is 17.9 Å². The molecule has 1 aliphatic heterocycles. The predicted octanol–water partition coefficient (Wildman–Crippen LogP) is 6.04. The summed E-state index contributed by atoms with van der Waals surface area (Å²) in [7, 11) is 0. The van der Waals surface area contributed by atoms with Gasteiger partial charge in [0.15, 0.2) is 0 Å². The summed E-state index contributed by atoms with van der Waals surface area (Å²) < 4.78 is 2.29. The lowest BCUT2D eigenvalue weighted by molar-refractivity contribution is 0.425. The maximum atomic E-state index is 3.76. The highest BCUT2D eigenvalue weighted by Gasteiger charge is 2.37. The number of anilines is 1. The third kappa shape index (κ3) is 2.36. The van der Waals surface area contributed by atoms with Gasteiger partial charge < -0.3 is 5.32 Å². The van der Waals surface area contributed by atoms with Gasteiger partial charge in [0.1, 0.15) is 0 Å². The van der Waals surface area contributed by atoms with Crippen LogP contribution in [-0.2, 0) is 0 Å². The Labute approximate surface area is 141 Å². The van der Waals surface area contributed by atoms with E-state index in [0.717, 1.165) is 15.4 Å². The minimum atomic E-state index is 0.381. The average Bonchev–Trinajstić information content (AvgIpc) is 2.97. The van der Waals surface area contributed by atoms with Gasteiger partial charge in [0.2, 0.25) is 0 Å². The average molecular weight is 405 g/mol. The van der Waals surface area contributed by atoms with Crippen molar-refractivity contribution in [3.8, 4) is 0 Å². The van der Waals surface area contributed by atoms with Gasteiger partial charge in [-0.1, -0.05) is 56.1 Å². The second kappa shape index (κ2) is 5.29. The number of benzene rings is 2. The first kappa shape index (κ1) is 13.6. The first-order valence-electron chi connectivity index (χ1n) is 7.20. The zero-order valence-corrected chi connectivity index (χ0v) is 14.6. The third-order valence-corrected chi connectivity index (χ3v) is 5.58. The SMILES string of the molecule is Brc1ccc([C@H]2Nc3ccc(Br)cc3[C@@H]3C=CC[C@H]23)cc1. The number of allylic oxidation sites excluding steroid dienone is 2. The highest BCUT2D eigenvalue weighted by atomic mass is 79.9. The Hall–Kier alpha value is -1.06. The Morgan fingerprint density at radius 2 is 1.71 bits per heavy atom. The van der Waals surface area contributed by atoms with Gasteiger partial charge in [-0.2, -0.15) is 0 Å². The van der Waals surface area contributed by atoms with Crippen LogP contribution in [0.4, 0.5) is 5.69 Å². The zero-order valence-electron chi connectivity index (χ0n) is 11.4. The van der Waals surface area contributed by atoms with Crippen LogP contribution < -0.4 is 5.32 Å². The fourth-order valence-corrected chi connectivity index (χ4v) is 4.21. The molecule has 0 spiro atoms. The van der Waals surface area contributed by atoms with Gasteiger partial charge >= 0.3 is 0 Å². The lowest BCUT2D eigenvalue weighted by atomic mass is 9.77. The molecule has 2 aliphatic rings. The van der Waals surface area contributed by atoms with Crippen molar-refractivity contribution in [2.24, 2.45) is 5.92 Å². The summed E-state index contributed by atoms with van der Waals surface area (Å²) in [6.45, 7) is 0. The van der Waals surface area contributed by atoms with Crippen LogP contribution >= 0.6 is 31.9 Å². The van der Waals surface area contributed by atoms with E-state index in [9.17, 15) is 0 Å². The molecule has 0 unspecified atom stereocenters. The van der Waals surface area contributed by atoms with Crippen LogP contribution in [0.15, 0.2) is 63.6 Å². The van der Waals surface area contributed by atoms with Gasteiger partial charge in [0, 0.05) is 20.6 Å². The van der Waals surface area contributed by atoms with Gasteiger partial charge in [-0.25, -0.2) is 0 Å². The number of fused-ring (bicyclic) bond motifs is 3. The van der Waals surface area contributed by atoms with E-state index in [1.54, 1.807) is 0 Å². The lowest BCUT2D eigenvalue weighted by Crippen LogP contribution is -2.29. The summed E-state index contributed by atoms with van der Waals surface area (Å²) in [6, 6.07) is 15.6. The van der Waals surface area contributed by atoms with Crippen molar-refractivity contribution in [2.45, 2.75) is 18.4 Å². The van der Waals surface area contributed by atoms with Crippen molar-refractivity contribution < 1.29 is 0 Å². The Bertz CT molecular complexity index is 706. The molecule has 0 saturated carbocycles. The number of nitrogens with one attached hydrogen (secondary N) is 1. The van der Waals surface area contributed by atoms with E-state index in [-0.39, 0.29) is 0 Å². The van der Waals surface area contributed by atoms with Crippen molar-refractivity contribution in [1.29, 1.82) is 0 Å². The van der Waals surface area contributed by atoms with Crippen LogP contribution in [0.2, 0.25) is 0 Å². The van der Waals surface area contributed by atoms with Crippen molar-refractivity contribution in [3.05, 3.63) is 74.7 Å². The molecule has 4 rings (SSSR count). The fraction of sp³-hybridized carbons (Fsp3) is 0.222. The van der Waals surface area contributed by atoms with Crippen LogP contribution in [-0.4, -0.2) is 0 Å². The van der Waals surface area contributed by atoms with Gasteiger partial charge in [-0.3, -0.25) is 0 Å². The van der Waals surface area contributed by atoms with Crippen LogP contribution in [0.3, 0.4) is 0 Å². The molecule has 1 N–H and O–H groups in total. The molecule has 106 valence electrons. The molecule has 2 aromatic carbocycles. The standard InChI is InChI=1S/C18H15Br2N/c19-12-6-4-11(5-7-12)18-15-3-1-2-14(15)16-10-13(20)8-9-17(16)21-18/h1-2,4-10,14-15,18,21H,3H2/t14-,15+,18-/m1/s1. The van der Waals surface area contributed by atoms with Crippen molar-refractivity contribution >= 4 is 37.5 Å². The van der Waals surface area contributed by atoms with Crippen molar-refractivity contribution in [3.63, 3.8) is 0 Å². The van der Waals surface area contributed by atoms with E-state index in [2.05, 4.69) is 91.8 Å². The molecule has 0 aromatic heterocycles. The number of halogens is 2. The number of hydrogen-bond donors (Lipinski definition) is 1. The lowest BCUT2D eigenvalue weighted by Gasteiger charge is -2.37. The van der Waals surface area contributed by atoms with Crippen LogP contribution in [0.25, 0.3) is 0 Å². The molecule has 2 aromatic rings. The Morgan fingerprint density at radius 3 is 2.52 bits per heavy atom. The molecule has 0 bridgehead atoms. The molecular formula is C18H15Br2N. The molecule has 3 heteroatoms. The zero-order chi connectivity index (χ0) is 14.4. The molecule has 0 saturated heterocycles. The molecule has 1 heterocycles.